The van der Waals surface area contributed by atoms with Crippen LogP contribution in [0.4, 0.5) is 5.69 Å². The summed E-state index contributed by atoms with van der Waals surface area (Å²) >= 11 is 6.02. The van der Waals surface area contributed by atoms with Crippen LogP contribution in [0.1, 0.15) is 44.1 Å². The van der Waals surface area contributed by atoms with Gasteiger partial charge < -0.3 is 10.4 Å². The second kappa shape index (κ2) is 6.48. The number of hydrogen-bond donors (Lipinski definition) is 2. The third-order valence-corrected chi connectivity index (χ3v) is 4.63. The second-order valence-corrected chi connectivity index (χ2v) is 6.24. The molecule has 0 bridgehead atoms. The van der Waals surface area contributed by atoms with E-state index in [-0.39, 0.29) is 12.3 Å². The van der Waals surface area contributed by atoms with Crippen LogP contribution in [0.25, 0.3) is 0 Å². The molecule has 0 spiro atoms. The van der Waals surface area contributed by atoms with Crippen molar-refractivity contribution in [3.8, 4) is 0 Å². The number of hydrogen-bond acceptors (Lipinski definition) is 2. The highest BCUT2D eigenvalue weighted by Crippen LogP contribution is 2.39. The van der Waals surface area contributed by atoms with E-state index in [0.29, 0.717) is 23.6 Å². The van der Waals surface area contributed by atoms with Crippen molar-refractivity contribution in [1.82, 2.24) is 0 Å². The number of halogens is 1. The quantitative estimate of drug-likeness (QED) is 0.883. The van der Waals surface area contributed by atoms with E-state index in [1.165, 1.54) is 0 Å². The van der Waals surface area contributed by atoms with Crippen LogP contribution in [0.3, 0.4) is 0 Å². The summed E-state index contributed by atoms with van der Waals surface area (Å²) in [7, 11) is 0. The van der Waals surface area contributed by atoms with E-state index < -0.39 is 11.4 Å². The van der Waals surface area contributed by atoms with Crippen molar-refractivity contribution in [2.75, 3.05) is 5.32 Å². The maximum atomic E-state index is 12.2. The Bertz CT molecular complexity index is 550. The molecule has 1 fully saturated rings. The van der Waals surface area contributed by atoms with Crippen LogP contribution in [0.2, 0.25) is 5.02 Å². The van der Waals surface area contributed by atoms with Gasteiger partial charge in [-0.2, -0.15) is 0 Å². The smallest absolute Gasteiger partial charge is 0.310 e. The molecule has 0 aliphatic heterocycles. The second-order valence-electron chi connectivity index (χ2n) is 5.84. The standard InChI is InChI=1S/C16H20ClNO3/c1-11-5-6-12(9-13(11)17)18-14(19)10-16(15(20)21)7-3-2-4-8-16/h5-6,9H,2-4,7-8,10H2,1H3,(H,18,19)(H,20,21). The van der Waals surface area contributed by atoms with Crippen LogP contribution in [0.5, 0.6) is 0 Å². The van der Waals surface area contributed by atoms with Crippen molar-refractivity contribution < 1.29 is 14.7 Å². The first-order chi connectivity index (χ1) is 9.93. The minimum atomic E-state index is -0.906. The molecule has 114 valence electrons. The molecule has 2 N–H and O–H groups in total. The third-order valence-electron chi connectivity index (χ3n) is 4.22. The van der Waals surface area contributed by atoms with E-state index >= 15 is 0 Å². The van der Waals surface area contributed by atoms with Gasteiger partial charge in [0.05, 0.1) is 5.41 Å². The van der Waals surface area contributed by atoms with Gasteiger partial charge in [-0.05, 0) is 37.5 Å². The zero-order valence-corrected chi connectivity index (χ0v) is 12.9. The predicted molar refractivity (Wildman–Crippen MR) is 82.6 cm³/mol. The number of anilines is 1. The Morgan fingerprint density at radius 1 is 1.29 bits per heavy atom. The monoisotopic (exact) mass is 309 g/mol. The molecule has 0 heterocycles. The van der Waals surface area contributed by atoms with E-state index in [1.54, 1.807) is 12.1 Å². The summed E-state index contributed by atoms with van der Waals surface area (Å²) < 4.78 is 0. The number of amides is 1. The first kappa shape index (κ1) is 15.8. The van der Waals surface area contributed by atoms with E-state index in [4.69, 9.17) is 11.6 Å². The normalized spacial score (nSPS) is 17.2. The maximum absolute atomic E-state index is 12.2. The largest absolute Gasteiger partial charge is 0.481 e. The number of carbonyl (C=O) groups is 2. The highest BCUT2D eigenvalue weighted by Gasteiger charge is 2.41. The zero-order chi connectivity index (χ0) is 15.5. The lowest BCUT2D eigenvalue weighted by atomic mass is 9.71. The summed E-state index contributed by atoms with van der Waals surface area (Å²) in [6.07, 6.45) is 3.96. The van der Waals surface area contributed by atoms with Crippen molar-refractivity contribution >= 4 is 29.2 Å². The molecule has 2 rings (SSSR count). The number of aryl methyl sites for hydroxylation is 1. The molecule has 1 saturated carbocycles. The molecule has 4 nitrogen and oxygen atoms in total. The van der Waals surface area contributed by atoms with Gasteiger partial charge in [0.25, 0.3) is 0 Å². The number of rotatable bonds is 4. The Morgan fingerprint density at radius 3 is 2.52 bits per heavy atom. The van der Waals surface area contributed by atoms with Crippen LogP contribution in [0, 0.1) is 12.3 Å². The molecule has 0 saturated heterocycles. The van der Waals surface area contributed by atoms with Crippen LogP contribution in [-0.2, 0) is 9.59 Å². The Balaban J connectivity index is 2.05. The summed E-state index contributed by atoms with van der Waals surface area (Å²) in [5.74, 6) is -1.13. The molecule has 1 aliphatic carbocycles. The van der Waals surface area contributed by atoms with Gasteiger partial charge in [0.15, 0.2) is 0 Å². The summed E-state index contributed by atoms with van der Waals surface area (Å²) in [5, 5.41) is 12.8. The number of aliphatic carboxylic acids is 1. The number of carbonyl (C=O) groups excluding carboxylic acids is 1. The van der Waals surface area contributed by atoms with Crippen molar-refractivity contribution in [2.24, 2.45) is 5.41 Å². The molecule has 1 amide bonds. The zero-order valence-electron chi connectivity index (χ0n) is 12.1. The third kappa shape index (κ3) is 3.76. The lowest BCUT2D eigenvalue weighted by Gasteiger charge is -2.32. The average molecular weight is 310 g/mol. The summed E-state index contributed by atoms with van der Waals surface area (Å²) in [5.41, 5.74) is 0.632. The van der Waals surface area contributed by atoms with Gasteiger partial charge >= 0.3 is 5.97 Å². The molecule has 0 unspecified atom stereocenters. The molecule has 5 heteroatoms. The molecule has 1 aromatic rings. The van der Waals surface area contributed by atoms with E-state index in [1.807, 2.05) is 13.0 Å². The van der Waals surface area contributed by atoms with Crippen LogP contribution >= 0.6 is 11.6 Å². The highest BCUT2D eigenvalue weighted by atomic mass is 35.5. The summed E-state index contributed by atoms with van der Waals surface area (Å²) in [4.78, 5) is 23.7. The molecule has 0 atom stereocenters. The lowest BCUT2D eigenvalue weighted by Crippen LogP contribution is -2.37. The molecule has 0 aromatic heterocycles. The Morgan fingerprint density at radius 2 is 1.95 bits per heavy atom. The highest BCUT2D eigenvalue weighted by molar-refractivity contribution is 6.31. The molecule has 0 radical (unpaired) electrons. The lowest BCUT2D eigenvalue weighted by molar-refractivity contribution is -0.153. The molecular formula is C16H20ClNO3. The number of carboxylic acids is 1. The topological polar surface area (TPSA) is 66.4 Å². The van der Waals surface area contributed by atoms with Crippen LogP contribution in [-0.4, -0.2) is 17.0 Å². The maximum Gasteiger partial charge on any atom is 0.310 e. The summed E-state index contributed by atoms with van der Waals surface area (Å²) in [6, 6.07) is 5.28. The number of nitrogens with one attached hydrogen (secondary N) is 1. The van der Waals surface area contributed by atoms with Crippen LogP contribution in [0.15, 0.2) is 18.2 Å². The fraction of sp³-hybridized carbons (Fsp3) is 0.500. The van der Waals surface area contributed by atoms with Gasteiger partial charge in [0.1, 0.15) is 0 Å². The van der Waals surface area contributed by atoms with E-state index in [2.05, 4.69) is 5.32 Å². The fourth-order valence-corrected chi connectivity index (χ4v) is 3.06. The van der Waals surface area contributed by atoms with Crippen molar-refractivity contribution in [3.05, 3.63) is 28.8 Å². The Kier molecular flexibility index (Phi) is 4.88. The Labute approximate surface area is 129 Å². The average Bonchev–Trinajstić information content (AvgIpc) is 2.43. The minimum Gasteiger partial charge on any atom is -0.481 e. The van der Waals surface area contributed by atoms with Gasteiger partial charge in [-0.15, -0.1) is 0 Å². The van der Waals surface area contributed by atoms with E-state index in [0.717, 1.165) is 24.8 Å². The van der Waals surface area contributed by atoms with Crippen molar-refractivity contribution in [1.29, 1.82) is 0 Å². The molecule has 1 aromatic carbocycles. The predicted octanol–water partition coefficient (Wildman–Crippen LogP) is 4.01. The van der Waals surface area contributed by atoms with Gasteiger partial charge in [-0.3, -0.25) is 9.59 Å². The SMILES string of the molecule is Cc1ccc(NC(=O)CC2(C(=O)O)CCCCC2)cc1Cl. The van der Waals surface area contributed by atoms with Gasteiger partial charge in [0, 0.05) is 17.1 Å². The van der Waals surface area contributed by atoms with Gasteiger partial charge in [-0.25, -0.2) is 0 Å². The molecular weight excluding hydrogens is 290 g/mol. The first-order valence-electron chi connectivity index (χ1n) is 7.22. The minimum absolute atomic E-state index is 0.0217. The fourth-order valence-electron chi connectivity index (χ4n) is 2.88. The van der Waals surface area contributed by atoms with Gasteiger partial charge in [-0.1, -0.05) is 36.9 Å². The molecule has 1 aliphatic rings. The number of benzene rings is 1. The van der Waals surface area contributed by atoms with Crippen LogP contribution < -0.4 is 5.32 Å². The number of carboxylic acid groups (broad SMARTS) is 1. The van der Waals surface area contributed by atoms with Gasteiger partial charge in [0.2, 0.25) is 5.91 Å². The van der Waals surface area contributed by atoms with Crippen molar-refractivity contribution in [2.45, 2.75) is 45.4 Å². The molecule has 21 heavy (non-hydrogen) atoms. The first-order valence-corrected chi connectivity index (χ1v) is 7.60. The van der Waals surface area contributed by atoms with E-state index in [9.17, 15) is 14.7 Å². The Hall–Kier alpha value is -1.55. The summed E-state index contributed by atoms with van der Waals surface area (Å²) in [6.45, 7) is 1.88. The van der Waals surface area contributed by atoms with Crippen molar-refractivity contribution in [3.63, 3.8) is 0 Å².